The second-order valence-electron chi connectivity index (χ2n) is 6.73. The van der Waals surface area contributed by atoms with Crippen molar-refractivity contribution in [2.24, 2.45) is 7.05 Å². The highest BCUT2D eigenvalue weighted by Crippen LogP contribution is 2.20. The minimum atomic E-state index is 0.0382. The number of hydrogen-bond acceptors (Lipinski definition) is 6. The van der Waals surface area contributed by atoms with Gasteiger partial charge in [-0.15, -0.1) is 0 Å². The van der Waals surface area contributed by atoms with Crippen molar-refractivity contribution >= 4 is 11.9 Å². The molecule has 132 valence electrons. The zero-order chi connectivity index (χ0) is 17.4. The van der Waals surface area contributed by atoms with Gasteiger partial charge < -0.3 is 9.80 Å². The van der Waals surface area contributed by atoms with E-state index in [9.17, 15) is 4.79 Å². The number of piperazine rings is 1. The van der Waals surface area contributed by atoms with Gasteiger partial charge in [0, 0.05) is 70.4 Å². The van der Waals surface area contributed by atoms with Crippen LogP contribution in [0.4, 0.5) is 5.95 Å². The first-order valence-electron chi connectivity index (χ1n) is 8.68. The number of anilines is 1. The van der Waals surface area contributed by atoms with Gasteiger partial charge in [-0.25, -0.2) is 9.97 Å². The predicted molar refractivity (Wildman–Crippen MR) is 93.5 cm³/mol. The Kier molecular flexibility index (Phi) is 4.12. The van der Waals surface area contributed by atoms with Crippen LogP contribution in [0.5, 0.6) is 0 Å². The molecule has 2 aromatic rings. The molecule has 8 nitrogen and oxygen atoms in total. The van der Waals surface area contributed by atoms with Crippen LogP contribution in [0, 0.1) is 6.92 Å². The fourth-order valence-electron chi connectivity index (χ4n) is 3.42. The summed E-state index contributed by atoms with van der Waals surface area (Å²) in [7, 11) is 1.86. The van der Waals surface area contributed by atoms with Gasteiger partial charge in [-0.1, -0.05) is 0 Å². The Balaban J connectivity index is 1.28. The molecule has 2 aromatic heterocycles. The molecule has 0 aliphatic carbocycles. The number of rotatable bonds is 3. The number of carbonyl (C=O) groups is 1. The van der Waals surface area contributed by atoms with Crippen LogP contribution in [-0.4, -0.2) is 80.8 Å². The molecule has 0 N–H and O–H groups in total. The summed E-state index contributed by atoms with van der Waals surface area (Å²) in [6.45, 7) is 7.34. The van der Waals surface area contributed by atoms with Crippen LogP contribution in [0.3, 0.4) is 0 Å². The first-order valence-corrected chi connectivity index (χ1v) is 8.68. The van der Waals surface area contributed by atoms with E-state index in [4.69, 9.17) is 0 Å². The first-order chi connectivity index (χ1) is 12.1. The third-order valence-corrected chi connectivity index (χ3v) is 5.15. The number of carbonyl (C=O) groups excluding carboxylic acids is 1. The van der Waals surface area contributed by atoms with Crippen molar-refractivity contribution in [2.75, 3.05) is 44.2 Å². The van der Waals surface area contributed by atoms with E-state index in [-0.39, 0.29) is 5.91 Å². The van der Waals surface area contributed by atoms with Crippen LogP contribution in [0.25, 0.3) is 0 Å². The van der Waals surface area contributed by atoms with E-state index in [0.717, 1.165) is 50.9 Å². The Morgan fingerprint density at radius 2 is 1.80 bits per heavy atom. The summed E-state index contributed by atoms with van der Waals surface area (Å²) in [5, 5.41) is 4.29. The highest BCUT2D eigenvalue weighted by molar-refractivity contribution is 5.93. The summed E-state index contributed by atoms with van der Waals surface area (Å²) in [4.78, 5) is 27.7. The van der Waals surface area contributed by atoms with Gasteiger partial charge in [0.05, 0.1) is 0 Å². The molecule has 2 fully saturated rings. The molecule has 1 amide bonds. The van der Waals surface area contributed by atoms with Gasteiger partial charge in [0.1, 0.15) is 0 Å². The lowest BCUT2D eigenvalue weighted by Gasteiger charge is -2.47. The van der Waals surface area contributed by atoms with E-state index in [1.54, 1.807) is 17.1 Å². The second-order valence-corrected chi connectivity index (χ2v) is 6.73. The van der Waals surface area contributed by atoms with Crippen LogP contribution in [0.15, 0.2) is 24.5 Å². The van der Waals surface area contributed by atoms with Crippen LogP contribution >= 0.6 is 0 Å². The molecular weight excluding hydrogens is 318 g/mol. The standard InChI is InChI=1S/C17H23N7O/c1-13-10-15(20-21(13)2)16(25)24-11-14(12-24)22-6-8-23(9-7-22)17-18-4-3-5-19-17/h3-5,10,14H,6-9,11-12H2,1-2H3. The van der Waals surface area contributed by atoms with Gasteiger partial charge in [0.2, 0.25) is 5.95 Å². The van der Waals surface area contributed by atoms with E-state index < -0.39 is 0 Å². The van der Waals surface area contributed by atoms with Crippen molar-refractivity contribution in [3.05, 3.63) is 35.9 Å². The summed E-state index contributed by atoms with van der Waals surface area (Å²) < 4.78 is 1.75. The fourth-order valence-corrected chi connectivity index (χ4v) is 3.42. The van der Waals surface area contributed by atoms with Crippen LogP contribution in [0.1, 0.15) is 16.2 Å². The van der Waals surface area contributed by atoms with Gasteiger partial charge in [0.25, 0.3) is 5.91 Å². The molecule has 0 radical (unpaired) electrons. The molecule has 0 saturated carbocycles. The third-order valence-electron chi connectivity index (χ3n) is 5.15. The predicted octanol–water partition coefficient (Wildman–Crippen LogP) is 0.165. The van der Waals surface area contributed by atoms with E-state index in [2.05, 4.69) is 24.9 Å². The zero-order valence-corrected chi connectivity index (χ0v) is 14.7. The summed E-state index contributed by atoms with van der Waals surface area (Å²) >= 11 is 0. The minimum Gasteiger partial charge on any atom is -0.338 e. The molecule has 0 atom stereocenters. The first kappa shape index (κ1) is 16.0. The number of aryl methyl sites for hydroxylation is 2. The van der Waals surface area contributed by atoms with Gasteiger partial charge in [-0.3, -0.25) is 14.4 Å². The lowest BCUT2D eigenvalue weighted by atomic mass is 10.1. The molecule has 2 saturated heterocycles. The number of likely N-dealkylation sites (tertiary alicyclic amines) is 1. The maximum absolute atomic E-state index is 12.5. The number of hydrogen-bond donors (Lipinski definition) is 0. The monoisotopic (exact) mass is 341 g/mol. The van der Waals surface area contributed by atoms with Gasteiger partial charge >= 0.3 is 0 Å². The lowest BCUT2D eigenvalue weighted by molar-refractivity contribution is 0.0241. The highest BCUT2D eigenvalue weighted by Gasteiger charge is 2.37. The Bertz CT molecular complexity index is 726. The maximum Gasteiger partial charge on any atom is 0.274 e. The average molecular weight is 341 g/mol. The smallest absolute Gasteiger partial charge is 0.274 e. The Morgan fingerprint density at radius 3 is 2.40 bits per heavy atom. The minimum absolute atomic E-state index is 0.0382. The quantitative estimate of drug-likeness (QED) is 0.792. The zero-order valence-electron chi connectivity index (χ0n) is 14.7. The summed E-state index contributed by atoms with van der Waals surface area (Å²) in [5.41, 5.74) is 1.55. The molecule has 0 aromatic carbocycles. The van der Waals surface area contributed by atoms with Gasteiger partial charge in [-0.05, 0) is 19.1 Å². The molecule has 0 bridgehead atoms. The normalized spacial score (nSPS) is 19.1. The Morgan fingerprint density at radius 1 is 1.12 bits per heavy atom. The van der Waals surface area contributed by atoms with E-state index in [1.165, 1.54) is 0 Å². The largest absolute Gasteiger partial charge is 0.338 e. The van der Waals surface area contributed by atoms with E-state index in [0.29, 0.717) is 11.7 Å². The van der Waals surface area contributed by atoms with Crippen LogP contribution < -0.4 is 4.90 Å². The molecule has 4 heterocycles. The molecule has 25 heavy (non-hydrogen) atoms. The van der Waals surface area contributed by atoms with Crippen LogP contribution in [0.2, 0.25) is 0 Å². The SMILES string of the molecule is Cc1cc(C(=O)N2CC(N3CCN(c4ncccn4)CC3)C2)nn1C. The van der Waals surface area contributed by atoms with E-state index in [1.807, 2.05) is 31.0 Å². The molecule has 8 heteroatoms. The maximum atomic E-state index is 12.5. The van der Waals surface area contributed by atoms with Gasteiger partial charge in [0.15, 0.2) is 5.69 Å². The highest BCUT2D eigenvalue weighted by atomic mass is 16.2. The summed E-state index contributed by atoms with van der Waals surface area (Å²) in [6.07, 6.45) is 3.56. The van der Waals surface area contributed by atoms with Crippen molar-refractivity contribution in [1.82, 2.24) is 29.5 Å². The number of nitrogens with zero attached hydrogens (tertiary/aromatic N) is 7. The fraction of sp³-hybridized carbons (Fsp3) is 0.529. The average Bonchev–Trinajstić information content (AvgIpc) is 2.94. The third kappa shape index (κ3) is 3.09. The van der Waals surface area contributed by atoms with Crippen LogP contribution in [-0.2, 0) is 7.05 Å². The molecule has 4 rings (SSSR count). The summed E-state index contributed by atoms with van der Waals surface area (Å²) in [5.74, 6) is 0.842. The Labute approximate surface area is 147 Å². The number of aromatic nitrogens is 4. The van der Waals surface area contributed by atoms with Crippen molar-refractivity contribution in [1.29, 1.82) is 0 Å². The molecule has 2 aliphatic heterocycles. The van der Waals surface area contributed by atoms with Crippen molar-refractivity contribution in [3.63, 3.8) is 0 Å². The molecule has 0 spiro atoms. The van der Waals surface area contributed by atoms with Crippen molar-refractivity contribution in [3.8, 4) is 0 Å². The number of amides is 1. The molecule has 2 aliphatic rings. The Hall–Kier alpha value is -2.48. The lowest BCUT2D eigenvalue weighted by Crippen LogP contribution is -2.64. The second kappa shape index (κ2) is 6.44. The van der Waals surface area contributed by atoms with Crippen molar-refractivity contribution in [2.45, 2.75) is 13.0 Å². The molecule has 0 unspecified atom stereocenters. The molecular formula is C17H23N7O. The van der Waals surface area contributed by atoms with Gasteiger partial charge in [-0.2, -0.15) is 5.10 Å². The summed E-state index contributed by atoms with van der Waals surface area (Å²) in [6, 6.07) is 4.14. The van der Waals surface area contributed by atoms with E-state index >= 15 is 0 Å². The van der Waals surface area contributed by atoms with Crippen molar-refractivity contribution < 1.29 is 4.79 Å². The topological polar surface area (TPSA) is 70.4 Å².